The van der Waals surface area contributed by atoms with Crippen molar-refractivity contribution in [2.75, 3.05) is 30.3 Å². The van der Waals surface area contributed by atoms with Gasteiger partial charge in [0.15, 0.2) is 0 Å². The number of nitrogens with one attached hydrogen (secondary N) is 2. The van der Waals surface area contributed by atoms with Gasteiger partial charge in [0.25, 0.3) is 11.6 Å². The van der Waals surface area contributed by atoms with E-state index in [9.17, 15) is 23.3 Å². The molecule has 1 heterocycles. The van der Waals surface area contributed by atoms with E-state index < -0.39 is 21.1 Å². The molecular formula is C22H28N4O6S. The molecule has 1 amide bonds. The number of benzene rings is 2. The lowest BCUT2D eigenvalue weighted by Gasteiger charge is -2.18. The van der Waals surface area contributed by atoms with E-state index in [0.29, 0.717) is 18.7 Å². The molecule has 1 aliphatic heterocycles. The number of anilines is 2. The Labute approximate surface area is 193 Å². The molecule has 2 N–H and O–H groups in total. The average molecular weight is 477 g/mol. The van der Waals surface area contributed by atoms with Gasteiger partial charge in [-0.3, -0.25) is 14.9 Å². The van der Waals surface area contributed by atoms with E-state index in [1.165, 1.54) is 16.4 Å². The molecule has 1 aliphatic rings. The van der Waals surface area contributed by atoms with Crippen LogP contribution in [0.4, 0.5) is 17.1 Å². The first-order valence-corrected chi connectivity index (χ1v) is 12.2. The quantitative estimate of drug-likeness (QED) is 0.397. The molecule has 2 aromatic rings. The van der Waals surface area contributed by atoms with Crippen LogP contribution < -0.4 is 10.6 Å². The van der Waals surface area contributed by atoms with E-state index in [-0.39, 0.29) is 41.8 Å². The fourth-order valence-electron chi connectivity index (χ4n) is 3.65. The number of hydrogen-bond donors (Lipinski definition) is 2. The standard InChI is InChI=1S/C22H28N4O6S/c1-3-25(4-2)33(30,31)18-10-11-19(20(14-18)26(28)29)23-15-16-7-5-8-17(13-16)24-22(27)21-9-6-12-32-21/h5,7-8,10-11,13-14,21,23H,3-4,6,9,12,15H2,1-2H3,(H,24,27). The monoisotopic (exact) mass is 476 g/mol. The van der Waals surface area contributed by atoms with Crippen LogP contribution >= 0.6 is 0 Å². The average Bonchev–Trinajstić information content (AvgIpc) is 3.33. The molecule has 0 bridgehead atoms. The number of rotatable bonds is 10. The summed E-state index contributed by atoms with van der Waals surface area (Å²) in [4.78, 5) is 23.1. The normalized spacial score (nSPS) is 16.0. The molecule has 0 radical (unpaired) electrons. The van der Waals surface area contributed by atoms with Gasteiger partial charge in [0.1, 0.15) is 11.8 Å². The lowest BCUT2D eigenvalue weighted by Crippen LogP contribution is -2.30. The van der Waals surface area contributed by atoms with Crippen molar-refractivity contribution in [3.63, 3.8) is 0 Å². The van der Waals surface area contributed by atoms with E-state index in [1.54, 1.807) is 32.0 Å². The summed E-state index contributed by atoms with van der Waals surface area (Å²) in [5, 5.41) is 17.4. The summed E-state index contributed by atoms with van der Waals surface area (Å²) in [5.41, 5.74) is 1.26. The van der Waals surface area contributed by atoms with Crippen molar-refractivity contribution in [3.05, 3.63) is 58.1 Å². The SMILES string of the molecule is CCN(CC)S(=O)(=O)c1ccc(NCc2cccc(NC(=O)C3CCCO3)c2)c([N+](=O)[O-])c1. The van der Waals surface area contributed by atoms with Crippen LogP contribution in [0, 0.1) is 10.1 Å². The number of nitro groups is 1. The van der Waals surface area contributed by atoms with Gasteiger partial charge in [0.2, 0.25) is 10.0 Å². The van der Waals surface area contributed by atoms with Gasteiger partial charge >= 0.3 is 0 Å². The highest BCUT2D eigenvalue weighted by atomic mass is 32.2. The van der Waals surface area contributed by atoms with E-state index in [4.69, 9.17) is 4.74 Å². The largest absolute Gasteiger partial charge is 0.375 e. The van der Waals surface area contributed by atoms with E-state index in [0.717, 1.165) is 18.1 Å². The van der Waals surface area contributed by atoms with Crippen LogP contribution in [0.3, 0.4) is 0 Å². The second-order valence-corrected chi connectivity index (χ2v) is 9.51. The zero-order valence-electron chi connectivity index (χ0n) is 18.6. The molecule has 33 heavy (non-hydrogen) atoms. The minimum absolute atomic E-state index is 0.123. The van der Waals surface area contributed by atoms with Gasteiger partial charge in [-0.1, -0.05) is 26.0 Å². The van der Waals surface area contributed by atoms with Crippen molar-refractivity contribution in [2.24, 2.45) is 0 Å². The molecule has 0 saturated carbocycles. The smallest absolute Gasteiger partial charge is 0.293 e. The third kappa shape index (κ3) is 5.86. The van der Waals surface area contributed by atoms with Gasteiger partial charge in [-0.15, -0.1) is 0 Å². The van der Waals surface area contributed by atoms with Gasteiger partial charge in [0, 0.05) is 38.0 Å². The fourth-order valence-corrected chi connectivity index (χ4v) is 5.13. The molecule has 11 heteroatoms. The van der Waals surface area contributed by atoms with Gasteiger partial charge in [-0.2, -0.15) is 4.31 Å². The summed E-state index contributed by atoms with van der Waals surface area (Å²) in [6, 6.07) is 11.0. The minimum Gasteiger partial charge on any atom is -0.375 e. The maximum atomic E-state index is 12.7. The van der Waals surface area contributed by atoms with Crippen LogP contribution in [-0.4, -0.2) is 49.4 Å². The summed E-state index contributed by atoms with van der Waals surface area (Å²) >= 11 is 0. The molecule has 1 atom stereocenters. The highest BCUT2D eigenvalue weighted by Gasteiger charge is 2.26. The summed E-state index contributed by atoms with van der Waals surface area (Å²) in [6.45, 7) is 4.78. The van der Waals surface area contributed by atoms with E-state index in [1.807, 2.05) is 6.07 Å². The number of sulfonamides is 1. The molecule has 0 spiro atoms. The molecule has 1 fully saturated rings. The number of nitro benzene ring substituents is 1. The zero-order chi connectivity index (χ0) is 24.0. The third-order valence-corrected chi connectivity index (χ3v) is 7.45. The molecule has 2 aromatic carbocycles. The predicted octanol–water partition coefficient (Wildman–Crippen LogP) is 3.35. The first-order chi connectivity index (χ1) is 15.8. The number of hydrogen-bond acceptors (Lipinski definition) is 7. The van der Waals surface area contributed by atoms with Crippen molar-refractivity contribution in [2.45, 2.75) is 44.2 Å². The van der Waals surface area contributed by atoms with Crippen molar-refractivity contribution < 1.29 is 22.9 Å². The Hall–Kier alpha value is -3.02. The predicted molar refractivity (Wildman–Crippen MR) is 125 cm³/mol. The lowest BCUT2D eigenvalue weighted by molar-refractivity contribution is -0.384. The lowest BCUT2D eigenvalue weighted by atomic mass is 10.1. The molecule has 3 rings (SSSR count). The van der Waals surface area contributed by atoms with Gasteiger partial charge in [0.05, 0.1) is 9.82 Å². The highest BCUT2D eigenvalue weighted by Crippen LogP contribution is 2.29. The van der Waals surface area contributed by atoms with Crippen molar-refractivity contribution in [3.8, 4) is 0 Å². The van der Waals surface area contributed by atoms with Crippen LogP contribution in [0.15, 0.2) is 47.4 Å². The third-order valence-electron chi connectivity index (χ3n) is 5.41. The molecule has 10 nitrogen and oxygen atoms in total. The summed E-state index contributed by atoms with van der Waals surface area (Å²) in [6.07, 6.45) is 1.10. The van der Waals surface area contributed by atoms with Crippen LogP contribution in [0.5, 0.6) is 0 Å². The maximum absolute atomic E-state index is 12.7. The Morgan fingerprint density at radius 2 is 1.97 bits per heavy atom. The Bertz CT molecular complexity index is 1110. The molecule has 0 aliphatic carbocycles. The van der Waals surface area contributed by atoms with Gasteiger partial charge in [-0.25, -0.2) is 8.42 Å². The van der Waals surface area contributed by atoms with E-state index in [2.05, 4.69) is 10.6 Å². The van der Waals surface area contributed by atoms with Crippen molar-refractivity contribution in [1.29, 1.82) is 0 Å². The summed E-state index contributed by atoms with van der Waals surface area (Å²) in [7, 11) is -3.81. The number of carbonyl (C=O) groups excluding carboxylic acids is 1. The van der Waals surface area contributed by atoms with E-state index >= 15 is 0 Å². The van der Waals surface area contributed by atoms with Crippen LogP contribution in [0.2, 0.25) is 0 Å². The molecule has 1 saturated heterocycles. The number of carbonyl (C=O) groups is 1. The number of nitrogens with zero attached hydrogens (tertiary/aromatic N) is 2. The molecular weight excluding hydrogens is 448 g/mol. The van der Waals surface area contributed by atoms with Crippen LogP contribution in [-0.2, 0) is 26.1 Å². The fraction of sp³-hybridized carbons (Fsp3) is 0.409. The number of amides is 1. The summed E-state index contributed by atoms with van der Waals surface area (Å²) < 4.78 is 32.1. The van der Waals surface area contributed by atoms with Crippen molar-refractivity contribution >= 4 is 33.0 Å². The Balaban J connectivity index is 1.74. The second kappa shape index (κ2) is 10.7. The Kier molecular flexibility index (Phi) is 8.01. The van der Waals surface area contributed by atoms with Crippen LogP contribution in [0.1, 0.15) is 32.3 Å². The first kappa shape index (κ1) is 24.6. The van der Waals surface area contributed by atoms with Gasteiger partial charge in [-0.05, 0) is 42.7 Å². The van der Waals surface area contributed by atoms with Crippen LogP contribution in [0.25, 0.3) is 0 Å². The number of ether oxygens (including phenoxy) is 1. The molecule has 178 valence electrons. The minimum atomic E-state index is -3.81. The summed E-state index contributed by atoms with van der Waals surface area (Å²) in [5.74, 6) is -0.196. The maximum Gasteiger partial charge on any atom is 0.293 e. The van der Waals surface area contributed by atoms with Crippen molar-refractivity contribution in [1.82, 2.24) is 4.31 Å². The Morgan fingerprint density at radius 3 is 2.61 bits per heavy atom. The topological polar surface area (TPSA) is 131 Å². The molecule has 0 aromatic heterocycles. The zero-order valence-corrected chi connectivity index (χ0v) is 19.4. The highest BCUT2D eigenvalue weighted by molar-refractivity contribution is 7.89. The Morgan fingerprint density at radius 1 is 1.21 bits per heavy atom. The molecule has 1 unspecified atom stereocenters. The van der Waals surface area contributed by atoms with Gasteiger partial charge < -0.3 is 15.4 Å². The second-order valence-electron chi connectivity index (χ2n) is 7.57. The first-order valence-electron chi connectivity index (χ1n) is 10.8.